The van der Waals surface area contributed by atoms with Crippen LogP contribution >= 0.6 is 7.60 Å². The molecule has 14 heteroatoms. The van der Waals surface area contributed by atoms with Gasteiger partial charge in [-0.2, -0.15) is 14.4 Å². The number of imidazole rings is 1. The van der Waals surface area contributed by atoms with E-state index in [1.54, 1.807) is 13.8 Å². The zero-order valence-electron chi connectivity index (χ0n) is 15.1. The quantitative estimate of drug-likeness (QED) is 0.398. The van der Waals surface area contributed by atoms with E-state index in [1.165, 1.54) is 10.9 Å². The van der Waals surface area contributed by atoms with Crippen molar-refractivity contribution in [3.63, 3.8) is 0 Å². The zero-order valence-corrected chi connectivity index (χ0v) is 16.0. The first-order chi connectivity index (χ1) is 13.3. The topological polar surface area (TPSA) is 164 Å². The van der Waals surface area contributed by atoms with Gasteiger partial charge >= 0.3 is 13.7 Å². The molecular formula is C14H21FN5O7P. The number of anilines is 1. The number of aliphatic hydroxyl groups excluding tert-OH is 2. The number of nitrogen functional groups attached to an aromatic ring is 1. The number of aliphatic hydroxyl groups is 2. The fraction of sp³-hybridized carbons (Fsp3) is 0.643. The van der Waals surface area contributed by atoms with Crippen LogP contribution < -0.4 is 5.73 Å². The van der Waals surface area contributed by atoms with Gasteiger partial charge in [0.25, 0.3) is 0 Å². The molecule has 156 valence electrons. The van der Waals surface area contributed by atoms with E-state index in [0.717, 1.165) is 0 Å². The van der Waals surface area contributed by atoms with Crippen LogP contribution in [0.1, 0.15) is 20.1 Å². The van der Waals surface area contributed by atoms with Gasteiger partial charge in [0.1, 0.15) is 12.2 Å². The van der Waals surface area contributed by atoms with E-state index in [1.807, 2.05) is 0 Å². The number of fused-ring (bicyclic) bond motifs is 1. The van der Waals surface area contributed by atoms with Gasteiger partial charge in [0.2, 0.25) is 0 Å². The molecule has 2 aromatic rings. The minimum Gasteiger partial charge on any atom is -0.385 e. The van der Waals surface area contributed by atoms with E-state index < -0.39 is 44.7 Å². The first kappa shape index (κ1) is 21.0. The molecule has 0 aliphatic carbocycles. The lowest BCUT2D eigenvalue weighted by molar-refractivity contribution is -0.168. The molecule has 0 bridgehead atoms. The number of nitrogens with zero attached hydrogens (tertiary/aromatic N) is 4. The van der Waals surface area contributed by atoms with E-state index in [0.29, 0.717) is 0 Å². The van der Waals surface area contributed by atoms with Crippen LogP contribution in [0, 0.1) is 6.08 Å². The van der Waals surface area contributed by atoms with Gasteiger partial charge in [0.05, 0.1) is 19.5 Å². The molecule has 4 N–H and O–H groups in total. The molecule has 3 heterocycles. The summed E-state index contributed by atoms with van der Waals surface area (Å²) in [6.45, 7) is 3.55. The molecule has 1 aliphatic heterocycles. The molecule has 12 nitrogen and oxygen atoms in total. The summed E-state index contributed by atoms with van der Waals surface area (Å²) in [5, 5.41) is 20.6. The highest BCUT2D eigenvalue weighted by Crippen LogP contribution is 2.48. The Morgan fingerprint density at radius 2 is 1.96 bits per heavy atom. The van der Waals surface area contributed by atoms with E-state index in [9.17, 15) is 19.2 Å². The molecule has 0 saturated carbocycles. The molecule has 2 aromatic heterocycles. The molecule has 0 radical (unpaired) electrons. The van der Waals surface area contributed by atoms with Crippen LogP contribution in [-0.4, -0.2) is 67.8 Å². The normalized spacial score (nSPS) is 25.6. The Hall–Kier alpha value is -1.73. The maximum absolute atomic E-state index is 13.5. The van der Waals surface area contributed by atoms with Gasteiger partial charge in [-0.15, -0.1) is 0 Å². The average Bonchev–Trinajstić information content (AvgIpc) is 3.16. The van der Waals surface area contributed by atoms with Crippen LogP contribution in [0.2, 0.25) is 0 Å². The largest absolute Gasteiger partial charge is 0.385 e. The van der Waals surface area contributed by atoms with Crippen molar-refractivity contribution < 1.29 is 37.7 Å². The SMILES string of the molecule is CCOP(=O)(CO[C@H]1O[C@@H](n2cnc3c(N)nc(F)nc32)[C@@H](O)[C@@H]1O)OCC. The summed E-state index contributed by atoms with van der Waals surface area (Å²) >= 11 is 0. The molecule has 4 atom stereocenters. The highest BCUT2D eigenvalue weighted by Gasteiger charge is 2.46. The van der Waals surface area contributed by atoms with Gasteiger partial charge < -0.3 is 34.5 Å². The van der Waals surface area contributed by atoms with Crippen molar-refractivity contribution >= 4 is 24.6 Å². The number of ether oxygens (including phenoxy) is 2. The monoisotopic (exact) mass is 421 g/mol. The Morgan fingerprint density at radius 1 is 1.29 bits per heavy atom. The van der Waals surface area contributed by atoms with Crippen LogP contribution in [0.3, 0.4) is 0 Å². The highest BCUT2D eigenvalue weighted by molar-refractivity contribution is 7.53. The number of rotatable bonds is 8. The van der Waals surface area contributed by atoms with Crippen molar-refractivity contribution in [2.45, 2.75) is 38.6 Å². The van der Waals surface area contributed by atoms with Crippen LogP contribution in [-0.2, 0) is 23.1 Å². The fourth-order valence-electron chi connectivity index (χ4n) is 2.76. The Balaban J connectivity index is 1.79. The maximum Gasteiger partial charge on any atom is 0.356 e. The molecule has 0 amide bonds. The van der Waals surface area contributed by atoms with Crippen LogP contribution in [0.25, 0.3) is 11.2 Å². The van der Waals surface area contributed by atoms with Gasteiger partial charge in [-0.05, 0) is 13.8 Å². The summed E-state index contributed by atoms with van der Waals surface area (Å²) in [6.07, 6.45) is -5.90. The van der Waals surface area contributed by atoms with Gasteiger partial charge in [-0.25, -0.2) is 4.98 Å². The van der Waals surface area contributed by atoms with Crippen LogP contribution in [0.5, 0.6) is 0 Å². The molecule has 0 unspecified atom stereocenters. The summed E-state index contributed by atoms with van der Waals surface area (Å²) in [5.74, 6) is -0.184. The zero-order chi connectivity index (χ0) is 20.5. The number of hydrogen-bond acceptors (Lipinski definition) is 11. The third kappa shape index (κ3) is 4.01. The lowest BCUT2D eigenvalue weighted by Gasteiger charge is -2.20. The molecular weight excluding hydrogens is 400 g/mol. The van der Waals surface area contributed by atoms with Crippen molar-refractivity contribution in [3.8, 4) is 0 Å². The molecule has 28 heavy (non-hydrogen) atoms. The van der Waals surface area contributed by atoms with Crippen molar-refractivity contribution in [3.05, 3.63) is 12.4 Å². The van der Waals surface area contributed by atoms with E-state index in [2.05, 4.69) is 15.0 Å². The minimum absolute atomic E-state index is 0.0313. The van der Waals surface area contributed by atoms with Gasteiger partial charge in [0.15, 0.2) is 35.8 Å². The second kappa shape index (κ2) is 8.33. The fourth-order valence-corrected chi connectivity index (χ4v) is 4.10. The number of nitrogens with two attached hydrogens (primary N) is 1. The summed E-state index contributed by atoms with van der Waals surface area (Å²) in [6, 6.07) is 0. The van der Waals surface area contributed by atoms with Crippen molar-refractivity contribution in [1.82, 2.24) is 19.5 Å². The second-order valence-corrected chi connectivity index (χ2v) is 7.82. The molecule has 1 fully saturated rings. The van der Waals surface area contributed by atoms with Crippen molar-refractivity contribution in [2.24, 2.45) is 0 Å². The van der Waals surface area contributed by atoms with Gasteiger partial charge in [-0.1, -0.05) is 0 Å². The van der Waals surface area contributed by atoms with Crippen LogP contribution in [0.4, 0.5) is 10.2 Å². The number of halogens is 1. The first-order valence-electron chi connectivity index (χ1n) is 8.46. The highest BCUT2D eigenvalue weighted by atomic mass is 31.2. The van der Waals surface area contributed by atoms with Gasteiger partial charge in [0, 0.05) is 0 Å². The average molecular weight is 421 g/mol. The lowest BCUT2D eigenvalue weighted by Crippen LogP contribution is -2.33. The summed E-state index contributed by atoms with van der Waals surface area (Å²) in [4.78, 5) is 10.9. The molecule has 3 rings (SSSR count). The summed E-state index contributed by atoms with van der Waals surface area (Å²) in [7, 11) is -3.55. The Bertz CT molecular complexity index is 873. The Labute approximate surface area is 158 Å². The predicted molar refractivity (Wildman–Crippen MR) is 92.4 cm³/mol. The standard InChI is InChI=1S/C14H21FN5O7P/c1-3-25-28(23,26-4-2)6-24-13-9(22)8(21)12(27-13)20-5-17-7-10(16)18-14(15)19-11(7)20/h5,8-9,12-13,21-22H,3-4,6H2,1-2H3,(H2,16,18,19)/t8-,9-,12+,13-/m0/s1. The molecule has 0 aromatic carbocycles. The minimum atomic E-state index is -3.55. The van der Waals surface area contributed by atoms with E-state index in [-0.39, 0.29) is 30.2 Å². The van der Waals surface area contributed by atoms with E-state index >= 15 is 0 Å². The van der Waals surface area contributed by atoms with Gasteiger partial charge in [-0.3, -0.25) is 9.13 Å². The number of aromatic nitrogens is 4. The third-order valence-corrected chi connectivity index (χ3v) is 5.71. The predicted octanol–water partition coefficient (Wildman–Crippen LogP) is 0.365. The molecule has 0 spiro atoms. The van der Waals surface area contributed by atoms with Crippen molar-refractivity contribution in [2.75, 3.05) is 25.3 Å². The Kier molecular flexibility index (Phi) is 6.25. The molecule has 1 aliphatic rings. The maximum atomic E-state index is 13.5. The number of hydrogen-bond donors (Lipinski definition) is 3. The lowest BCUT2D eigenvalue weighted by atomic mass is 10.2. The second-order valence-electron chi connectivity index (χ2n) is 5.82. The van der Waals surface area contributed by atoms with Crippen LogP contribution in [0.15, 0.2) is 6.33 Å². The summed E-state index contributed by atoms with van der Waals surface area (Å²) < 4.78 is 48.2. The smallest absolute Gasteiger partial charge is 0.356 e. The van der Waals surface area contributed by atoms with Crippen molar-refractivity contribution in [1.29, 1.82) is 0 Å². The molecule has 1 saturated heterocycles. The van der Waals surface area contributed by atoms with E-state index in [4.69, 9.17) is 24.3 Å². The summed E-state index contributed by atoms with van der Waals surface area (Å²) in [5.41, 5.74) is 5.68. The Morgan fingerprint density at radius 3 is 2.61 bits per heavy atom. The first-order valence-corrected chi connectivity index (χ1v) is 10.2. The third-order valence-electron chi connectivity index (χ3n) is 3.94.